The van der Waals surface area contributed by atoms with E-state index in [4.69, 9.17) is 0 Å². The topological polar surface area (TPSA) is 0 Å². The second kappa shape index (κ2) is 7.37. The summed E-state index contributed by atoms with van der Waals surface area (Å²) in [5.74, 6) is 0. The second-order valence-corrected chi connectivity index (χ2v) is 4.70. The van der Waals surface area contributed by atoms with E-state index in [0.29, 0.717) is 5.41 Å². The molecule has 0 fully saturated rings. The van der Waals surface area contributed by atoms with Crippen LogP contribution in [0.4, 0.5) is 0 Å². The Morgan fingerprint density at radius 3 is 1.92 bits per heavy atom. The fourth-order valence-electron chi connectivity index (χ4n) is 1.29. The van der Waals surface area contributed by atoms with Crippen LogP contribution in [0.15, 0.2) is 0 Å². The molecule has 0 heterocycles. The van der Waals surface area contributed by atoms with Crippen molar-refractivity contribution in [2.24, 2.45) is 5.41 Å². The third-order valence-electron chi connectivity index (χ3n) is 2.63. The van der Waals surface area contributed by atoms with Crippen molar-refractivity contribution in [3.63, 3.8) is 0 Å². The van der Waals surface area contributed by atoms with Gasteiger partial charge in [0.05, 0.1) is 0 Å². The molecule has 0 aliphatic carbocycles. The molecule has 0 aliphatic rings. The van der Waals surface area contributed by atoms with Gasteiger partial charge in [0.15, 0.2) is 0 Å². The summed E-state index contributed by atoms with van der Waals surface area (Å²) in [5, 5.41) is 2.26. The van der Waals surface area contributed by atoms with Crippen LogP contribution in [-0.4, -0.2) is 10.7 Å². The first-order valence-corrected chi connectivity index (χ1v) is 7.11. The maximum Gasteiger partial charge on any atom is 0.00958 e. The summed E-state index contributed by atoms with van der Waals surface area (Å²) in [6, 6.07) is 0. The molecule has 0 spiro atoms. The van der Waals surface area contributed by atoms with Crippen LogP contribution in [0.2, 0.25) is 0 Å². The Kier molecular flexibility index (Phi) is 7.96. The number of halogens is 2. The normalized spacial score (nSPS) is 12.0. The first kappa shape index (κ1) is 13.0. The number of hydrogen-bond acceptors (Lipinski definition) is 0. The molecule has 0 unspecified atom stereocenters. The first-order valence-electron chi connectivity index (χ1n) is 4.86. The molecule has 0 nitrogen and oxygen atoms in total. The smallest absolute Gasteiger partial charge is 0.00958 e. The molecule has 0 radical (unpaired) electrons. The second-order valence-electron chi connectivity index (χ2n) is 3.58. The van der Waals surface area contributed by atoms with E-state index in [2.05, 4.69) is 45.7 Å². The third kappa shape index (κ3) is 4.27. The predicted molar refractivity (Wildman–Crippen MR) is 64.5 cm³/mol. The average molecular weight is 300 g/mol. The van der Waals surface area contributed by atoms with Gasteiger partial charge in [0.1, 0.15) is 0 Å². The quantitative estimate of drug-likeness (QED) is 0.470. The molecule has 0 saturated carbocycles. The summed E-state index contributed by atoms with van der Waals surface area (Å²) >= 11 is 7.23. The number of hydrogen-bond donors (Lipinski definition) is 0. The molecule has 74 valence electrons. The number of rotatable bonds is 7. The molecule has 0 bridgehead atoms. The molecule has 0 aromatic rings. The van der Waals surface area contributed by atoms with Crippen LogP contribution in [0.3, 0.4) is 0 Å². The third-order valence-corrected chi connectivity index (χ3v) is 5.01. The maximum absolute atomic E-state index is 3.62. The van der Waals surface area contributed by atoms with Crippen LogP contribution in [0.25, 0.3) is 0 Å². The molecular formula is C10H20Br2. The Labute approximate surface area is 93.8 Å². The summed E-state index contributed by atoms with van der Waals surface area (Å²) in [5.41, 5.74) is 0.509. The molecule has 0 aromatic carbocycles. The van der Waals surface area contributed by atoms with Crippen molar-refractivity contribution in [1.29, 1.82) is 0 Å². The van der Waals surface area contributed by atoms with E-state index in [1.165, 1.54) is 32.1 Å². The minimum atomic E-state index is 0.509. The standard InChI is InChI=1S/C10H20Br2/c1-3-5-6-7-10(4-2,8-11)9-12/h3-9H2,1-2H3. The van der Waals surface area contributed by atoms with Crippen molar-refractivity contribution in [2.45, 2.75) is 46.0 Å². The van der Waals surface area contributed by atoms with Gasteiger partial charge >= 0.3 is 0 Å². The largest absolute Gasteiger partial charge is 0.0922 e. The first-order chi connectivity index (χ1) is 5.74. The predicted octanol–water partition coefficient (Wildman–Crippen LogP) is 4.75. The maximum atomic E-state index is 3.62. The number of alkyl halides is 2. The van der Waals surface area contributed by atoms with Gasteiger partial charge < -0.3 is 0 Å². The Hall–Kier alpha value is 0.960. The minimum absolute atomic E-state index is 0.509. The van der Waals surface area contributed by atoms with Crippen LogP contribution < -0.4 is 0 Å². The average Bonchev–Trinajstić information content (AvgIpc) is 2.14. The van der Waals surface area contributed by atoms with Crippen LogP contribution in [0, 0.1) is 5.41 Å². The SMILES string of the molecule is CCCCCC(CC)(CBr)CBr. The van der Waals surface area contributed by atoms with Gasteiger partial charge in [0, 0.05) is 10.7 Å². The van der Waals surface area contributed by atoms with Crippen molar-refractivity contribution in [3.8, 4) is 0 Å². The van der Waals surface area contributed by atoms with Gasteiger partial charge in [-0.3, -0.25) is 0 Å². The van der Waals surface area contributed by atoms with E-state index < -0.39 is 0 Å². The summed E-state index contributed by atoms with van der Waals surface area (Å²) in [6.45, 7) is 4.55. The highest BCUT2D eigenvalue weighted by atomic mass is 79.9. The molecule has 12 heavy (non-hydrogen) atoms. The Morgan fingerprint density at radius 1 is 1.00 bits per heavy atom. The highest BCUT2D eigenvalue weighted by Crippen LogP contribution is 2.33. The summed E-state index contributed by atoms with van der Waals surface area (Å²) in [4.78, 5) is 0. The summed E-state index contributed by atoms with van der Waals surface area (Å²) in [6.07, 6.45) is 6.70. The minimum Gasteiger partial charge on any atom is -0.0922 e. The molecule has 0 amide bonds. The van der Waals surface area contributed by atoms with Gasteiger partial charge in [0.25, 0.3) is 0 Å². The highest BCUT2D eigenvalue weighted by Gasteiger charge is 2.24. The molecule has 0 rings (SSSR count). The fraction of sp³-hybridized carbons (Fsp3) is 1.00. The highest BCUT2D eigenvalue weighted by molar-refractivity contribution is 9.09. The molecular weight excluding hydrogens is 280 g/mol. The van der Waals surface area contributed by atoms with Crippen molar-refractivity contribution in [1.82, 2.24) is 0 Å². The van der Waals surface area contributed by atoms with Crippen molar-refractivity contribution < 1.29 is 0 Å². The van der Waals surface area contributed by atoms with E-state index in [9.17, 15) is 0 Å². The van der Waals surface area contributed by atoms with Crippen molar-refractivity contribution in [3.05, 3.63) is 0 Å². The summed E-state index contributed by atoms with van der Waals surface area (Å²) < 4.78 is 0. The van der Waals surface area contributed by atoms with Crippen LogP contribution in [0.1, 0.15) is 46.0 Å². The Morgan fingerprint density at radius 2 is 1.58 bits per heavy atom. The van der Waals surface area contributed by atoms with Crippen LogP contribution >= 0.6 is 31.9 Å². The fourth-order valence-corrected chi connectivity index (χ4v) is 3.57. The lowest BCUT2D eigenvalue weighted by Crippen LogP contribution is -2.23. The van der Waals surface area contributed by atoms with E-state index in [0.717, 1.165) is 10.7 Å². The van der Waals surface area contributed by atoms with Crippen molar-refractivity contribution in [2.75, 3.05) is 10.7 Å². The lowest BCUT2D eigenvalue weighted by Gasteiger charge is -2.28. The van der Waals surface area contributed by atoms with E-state index >= 15 is 0 Å². The Bertz CT molecular complexity index is 89.7. The molecule has 2 heteroatoms. The monoisotopic (exact) mass is 298 g/mol. The van der Waals surface area contributed by atoms with E-state index in [-0.39, 0.29) is 0 Å². The van der Waals surface area contributed by atoms with Gasteiger partial charge in [0.2, 0.25) is 0 Å². The molecule has 0 atom stereocenters. The lowest BCUT2D eigenvalue weighted by atomic mass is 9.84. The van der Waals surface area contributed by atoms with Gasteiger partial charge in [-0.15, -0.1) is 0 Å². The number of unbranched alkanes of at least 4 members (excludes halogenated alkanes) is 2. The lowest BCUT2D eigenvalue weighted by molar-refractivity contribution is 0.330. The van der Waals surface area contributed by atoms with E-state index in [1.807, 2.05) is 0 Å². The van der Waals surface area contributed by atoms with Crippen LogP contribution in [0.5, 0.6) is 0 Å². The molecule has 0 aromatic heterocycles. The zero-order valence-electron chi connectivity index (χ0n) is 8.21. The van der Waals surface area contributed by atoms with Gasteiger partial charge in [-0.2, -0.15) is 0 Å². The van der Waals surface area contributed by atoms with Crippen molar-refractivity contribution >= 4 is 31.9 Å². The van der Waals surface area contributed by atoms with Gasteiger partial charge in [-0.05, 0) is 18.3 Å². The zero-order chi connectivity index (χ0) is 9.45. The molecule has 0 saturated heterocycles. The Balaban J connectivity index is 3.76. The molecule has 0 aliphatic heterocycles. The van der Waals surface area contributed by atoms with E-state index in [1.54, 1.807) is 0 Å². The van der Waals surface area contributed by atoms with Crippen LogP contribution in [-0.2, 0) is 0 Å². The van der Waals surface area contributed by atoms with Gasteiger partial charge in [-0.1, -0.05) is 65.0 Å². The van der Waals surface area contributed by atoms with Gasteiger partial charge in [-0.25, -0.2) is 0 Å². The summed E-state index contributed by atoms with van der Waals surface area (Å²) in [7, 11) is 0. The zero-order valence-corrected chi connectivity index (χ0v) is 11.4. The molecule has 0 N–H and O–H groups in total.